The summed E-state index contributed by atoms with van der Waals surface area (Å²) in [5, 5.41) is 0. The highest BCUT2D eigenvalue weighted by Crippen LogP contribution is 2.36. The molecule has 5 heteroatoms. The van der Waals surface area contributed by atoms with E-state index in [1.165, 1.54) is 0 Å². The molecule has 68 valence electrons. The zero-order chi connectivity index (χ0) is 9.12. The molecule has 0 aliphatic rings. The van der Waals surface area contributed by atoms with Gasteiger partial charge in [0, 0.05) is 0 Å². The quantitative estimate of drug-likeness (QED) is 0.649. The second-order valence-corrected chi connectivity index (χ2v) is 2.59. The predicted octanol–water partition coefficient (Wildman–Crippen LogP) is 2.02. The van der Waals surface area contributed by atoms with Crippen LogP contribution in [0.3, 0.4) is 0 Å². The van der Waals surface area contributed by atoms with Crippen LogP contribution in [-0.2, 0) is 0 Å². The van der Waals surface area contributed by atoms with Gasteiger partial charge in [0.1, 0.15) is 0 Å². The largest absolute Gasteiger partial charge is 0.422 e. The fourth-order valence-electron chi connectivity index (χ4n) is 0.576. The molecule has 0 bridgehead atoms. The molecule has 0 heterocycles. The zero-order valence-corrected chi connectivity index (χ0v) is 6.21. The molecule has 0 aliphatic carbocycles. The van der Waals surface area contributed by atoms with Gasteiger partial charge in [-0.15, -0.1) is 0 Å². The molecule has 11 heavy (non-hydrogen) atoms. The normalized spacial score (nSPS) is 18.0. The maximum atomic E-state index is 12.6. The Morgan fingerprint density at radius 1 is 1.18 bits per heavy atom. The van der Waals surface area contributed by atoms with E-state index in [4.69, 9.17) is 5.73 Å². The Balaban J connectivity index is 4.00. The molecule has 0 rings (SSSR count). The summed E-state index contributed by atoms with van der Waals surface area (Å²) >= 11 is 0. The van der Waals surface area contributed by atoms with Crippen molar-refractivity contribution in [3.8, 4) is 0 Å². The van der Waals surface area contributed by atoms with Gasteiger partial charge in [0.05, 0.1) is 0 Å². The minimum absolute atomic E-state index is 0.0481. The van der Waals surface area contributed by atoms with Gasteiger partial charge in [-0.25, -0.2) is 4.39 Å². The SMILES string of the molecule is CC(F)(CCCN)C(F)(F)F. The van der Waals surface area contributed by atoms with Crippen LogP contribution in [0.15, 0.2) is 0 Å². The molecule has 1 unspecified atom stereocenters. The van der Waals surface area contributed by atoms with E-state index >= 15 is 0 Å². The standard InChI is InChI=1S/C6H11F4N/c1-5(7,3-2-4-11)6(8,9)10/h2-4,11H2,1H3. The predicted molar refractivity (Wildman–Crippen MR) is 33.9 cm³/mol. The van der Waals surface area contributed by atoms with Crippen molar-refractivity contribution in [3.05, 3.63) is 0 Å². The maximum absolute atomic E-state index is 12.6. The summed E-state index contributed by atoms with van der Waals surface area (Å²) in [5.41, 5.74) is 1.85. The average Bonchev–Trinajstić information content (AvgIpc) is 1.81. The molecule has 0 aromatic carbocycles. The van der Waals surface area contributed by atoms with Gasteiger partial charge in [-0.05, 0) is 26.3 Å². The summed E-state index contributed by atoms with van der Waals surface area (Å²) in [5.74, 6) is 0. The van der Waals surface area contributed by atoms with Gasteiger partial charge >= 0.3 is 6.18 Å². The van der Waals surface area contributed by atoms with E-state index < -0.39 is 18.3 Å². The summed E-state index contributed by atoms with van der Waals surface area (Å²) in [4.78, 5) is 0. The van der Waals surface area contributed by atoms with Crippen molar-refractivity contribution in [2.45, 2.75) is 31.6 Å². The first-order valence-corrected chi connectivity index (χ1v) is 3.27. The molecule has 0 aliphatic heterocycles. The van der Waals surface area contributed by atoms with Crippen LogP contribution in [0.5, 0.6) is 0 Å². The second-order valence-electron chi connectivity index (χ2n) is 2.59. The first kappa shape index (κ1) is 10.7. The average molecular weight is 173 g/mol. The van der Waals surface area contributed by atoms with Crippen molar-refractivity contribution in [3.63, 3.8) is 0 Å². The lowest BCUT2D eigenvalue weighted by molar-refractivity contribution is -0.225. The highest BCUT2D eigenvalue weighted by Gasteiger charge is 2.51. The van der Waals surface area contributed by atoms with Crippen LogP contribution < -0.4 is 5.73 Å². The number of nitrogens with two attached hydrogens (primary N) is 1. The third kappa shape index (κ3) is 3.05. The molecule has 1 atom stereocenters. The monoisotopic (exact) mass is 173 g/mol. The molecule has 0 amide bonds. The second kappa shape index (κ2) is 3.38. The molecule has 0 fully saturated rings. The molecule has 0 saturated carbocycles. The van der Waals surface area contributed by atoms with E-state index in [0.717, 1.165) is 0 Å². The molecular formula is C6H11F4N. The highest BCUT2D eigenvalue weighted by atomic mass is 19.4. The van der Waals surface area contributed by atoms with Crippen LogP contribution in [0.4, 0.5) is 17.6 Å². The molecular weight excluding hydrogens is 162 g/mol. The third-order valence-corrected chi connectivity index (χ3v) is 1.44. The Morgan fingerprint density at radius 3 is 1.91 bits per heavy atom. The Hall–Kier alpha value is -0.320. The van der Waals surface area contributed by atoms with Crippen molar-refractivity contribution in [1.29, 1.82) is 0 Å². The number of halogens is 4. The van der Waals surface area contributed by atoms with Gasteiger partial charge in [-0.2, -0.15) is 13.2 Å². The van der Waals surface area contributed by atoms with Crippen molar-refractivity contribution in [2.24, 2.45) is 5.73 Å². The minimum Gasteiger partial charge on any atom is -0.330 e. The van der Waals surface area contributed by atoms with Crippen molar-refractivity contribution >= 4 is 0 Å². The van der Waals surface area contributed by atoms with E-state index in [1.807, 2.05) is 0 Å². The van der Waals surface area contributed by atoms with Gasteiger partial charge in [-0.1, -0.05) is 0 Å². The van der Waals surface area contributed by atoms with E-state index in [9.17, 15) is 17.6 Å². The van der Waals surface area contributed by atoms with Gasteiger partial charge in [-0.3, -0.25) is 0 Å². The van der Waals surface area contributed by atoms with E-state index in [1.54, 1.807) is 0 Å². The Kier molecular flexibility index (Phi) is 3.29. The fraction of sp³-hybridized carbons (Fsp3) is 1.00. The van der Waals surface area contributed by atoms with E-state index in [2.05, 4.69) is 0 Å². The molecule has 1 nitrogen and oxygen atoms in total. The van der Waals surface area contributed by atoms with Crippen LogP contribution in [0.1, 0.15) is 19.8 Å². The molecule has 0 aromatic rings. The lowest BCUT2D eigenvalue weighted by Gasteiger charge is -2.22. The van der Waals surface area contributed by atoms with Crippen LogP contribution in [0.25, 0.3) is 0 Å². The summed E-state index contributed by atoms with van der Waals surface area (Å²) in [6.45, 7) is 0.609. The van der Waals surface area contributed by atoms with Crippen molar-refractivity contribution < 1.29 is 17.6 Å². The van der Waals surface area contributed by atoms with Crippen LogP contribution in [0, 0.1) is 0 Å². The molecule has 0 saturated heterocycles. The number of alkyl halides is 4. The summed E-state index contributed by atoms with van der Waals surface area (Å²) in [6, 6.07) is 0. The number of hydrogen-bond donors (Lipinski definition) is 1. The van der Waals surface area contributed by atoms with Gasteiger partial charge in [0.25, 0.3) is 0 Å². The lowest BCUT2D eigenvalue weighted by Crippen LogP contribution is -2.38. The Bertz CT molecular complexity index is 118. The van der Waals surface area contributed by atoms with E-state index in [-0.39, 0.29) is 13.0 Å². The summed E-state index contributed by atoms with van der Waals surface area (Å²) in [6.07, 6.45) is -5.29. The van der Waals surface area contributed by atoms with Crippen molar-refractivity contribution in [2.75, 3.05) is 6.54 Å². The van der Waals surface area contributed by atoms with Crippen LogP contribution in [0.2, 0.25) is 0 Å². The van der Waals surface area contributed by atoms with Crippen LogP contribution in [-0.4, -0.2) is 18.4 Å². The summed E-state index contributed by atoms with van der Waals surface area (Å²) < 4.78 is 47.8. The number of rotatable bonds is 3. The fourth-order valence-corrected chi connectivity index (χ4v) is 0.576. The van der Waals surface area contributed by atoms with Crippen molar-refractivity contribution in [1.82, 2.24) is 0 Å². The van der Waals surface area contributed by atoms with Gasteiger partial charge in [0.15, 0.2) is 0 Å². The molecule has 0 radical (unpaired) electrons. The first-order chi connectivity index (χ1) is 4.81. The topological polar surface area (TPSA) is 26.0 Å². The number of hydrogen-bond acceptors (Lipinski definition) is 1. The van der Waals surface area contributed by atoms with E-state index in [0.29, 0.717) is 6.92 Å². The Morgan fingerprint density at radius 2 is 1.64 bits per heavy atom. The summed E-state index contributed by atoms with van der Waals surface area (Å²) in [7, 11) is 0. The Labute approximate surface area is 62.6 Å². The smallest absolute Gasteiger partial charge is 0.330 e. The molecule has 0 aromatic heterocycles. The highest BCUT2D eigenvalue weighted by molar-refractivity contribution is 4.81. The zero-order valence-electron chi connectivity index (χ0n) is 6.21. The molecule has 0 spiro atoms. The van der Waals surface area contributed by atoms with Gasteiger partial charge < -0.3 is 5.73 Å². The van der Waals surface area contributed by atoms with Gasteiger partial charge in [0.2, 0.25) is 5.67 Å². The maximum Gasteiger partial charge on any atom is 0.422 e. The third-order valence-electron chi connectivity index (χ3n) is 1.44. The van der Waals surface area contributed by atoms with Crippen LogP contribution >= 0.6 is 0 Å². The lowest BCUT2D eigenvalue weighted by atomic mass is 10.0. The minimum atomic E-state index is -4.78. The first-order valence-electron chi connectivity index (χ1n) is 3.27. The molecule has 2 N–H and O–H groups in total.